The highest BCUT2D eigenvalue weighted by atomic mass is 35.5. The zero-order valence-electron chi connectivity index (χ0n) is 13.3. The predicted molar refractivity (Wildman–Crippen MR) is 101 cm³/mol. The van der Waals surface area contributed by atoms with Gasteiger partial charge in [0, 0.05) is 11.8 Å². The molecule has 0 aliphatic carbocycles. The molecule has 0 radical (unpaired) electrons. The highest BCUT2D eigenvalue weighted by molar-refractivity contribution is 7.91. The second-order valence-electron chi connectivity index (χ2n) is 5.88. The van der Waals surface area contributed by atoms with Crippen molar-refractivity contribution < 1.29 is 12.8 Å². The van der Waals surface area contributed by atoms with Gasteiger partial charge in [-0.25, -0.2) is 17.5 Å². The third-order valence-corrected chi connectivity index (χ3v) is 6.08. The monoisotopic (exact) mass is 402 g/mol. The normalized spacial score (nSPS) is 18.9. The summed E-state index contributed by atoms with van der Waals surface area (Å²) in [5, 5.41) is 10.6. The second-order valence-corrected chi connectivity index (χ2v) is 8.92. The van der Waals surface area contributed by atoms with Gasteiger partial charge in [-0.3, -0.25) is 0 Å². The van der Waals surface area contributed by atoms with E-state index >= 15 is 0 Å². The van der Waals surface area contributed by atoms with Crippen LogP contribution in [0.15, 0.2) is 24.3 Å². The lowest BCUT2D eigenvalue weighted by Gasteiger charge is -2.15. The van der Waals surface area contributed by atoms with Crippen LogP contribution in [0.4, 0.5) is 15.9 Å². The first kappa shape index (κ1) is 18.1. The number of thiocarbonyl (C=S) groups is 1. The molecule has 1 unspecified atom stereocenters. The van der Waals surface area contributed by atoms with Crippen LogP contribution in [0.3, 0.4) is 0 Å². The SMILES string of the molecule is Cc1cc(NC(=S)Nc2ccc(F)c(Cl)c2)n(C2CCS(=O)(=O)C2)n1. The molecule has 1 aliphatic rings. The minimum atomic E-state index is -3.02. The Morgan fingerprint density at radius 2 is 2.16 bits per heavy atom. The van der Waals surface area contributed by atoms with E-state index in [0.29, 0.717) is 17.9 Å². The fraction of sp³-hybridized carbons (Fsp3) is 0.333. The summed E-state index contributed by atoms with van der Waals surface area (Å²) in [5.41, 5.74) is 1.29. The Bertz CT molecular complexity index is 930. The average molecular weight is 403 g/mol. The maximum atomic E-state index is 13.2. The molecule has 1 saturated heterocycles. The summed E-state index contributed by atoms with van der Waals surface area (Å²) in [4.78, 5) is 0. The van der Waals surface area contributed by atoms with Crippen molar-refractivity contribution in [3.8, 4) is 0 Å². The van der Waals surface area contributed by atoms with Crippen LogP contribution in [0.2, 0.25) is 5.02 Å². The Kier molecular flexibility index (Phi) is 4.99. The van der Waals surface area contributed by atoms with Crippen LogP contribution in [-0.4, -0.2) is 34.8 Å². The molecule has 2 N–H and O–H groups in total. The quantitative estimate of drug-likeness (QED) is 0.768. The Balaban J connectivity index is 1.74. The smallest absolute Gasteiger partial charge is 0.176 e. The van der Waals surface area contributed by atoms with E-state index in [1.165, 1.54) is 18.2 Å². The van der Waals surface area contributed by atoms with Gasteiger partial charge >= 0.3 is 0 Å². The zero-order valence-corrected chi connectivity index (χ0v) is 15.7. The number of sulfone groups is 1. The van der Waals surface area contributed by atoms with Crippen LogP contribution in [-0.2, 0) is 9.84 Å². The number of hydrogen-bond acceptors (Lipinski definition) is 4. The fourth-order valence-electron chi connectivity index (χ4n) is 2.71. The Hall–Kier alpha value is -1.71. The van der Waals surface area contributed by atoms with Crippen LogP contribution in [0, 0.1) is 12.7 Å². The van der Waals surface area contributed by atoms with Gasteiger partial charge in [-0.15, -0.1) is 0 Å². The van der Waals surface area contributed by atoms with E-state index in [-0.39, 0.29) is 27.7 Å². The Labute approximate surface area is 155 Å². The van der Waals surface area contributed by atoms with Crippen LogP contribution in [0.25, 0.3) is 0 Å². The average Bonchev–Trinajstić information content (AvgIpc) is 3.05. The number of halogens is 2. The molecular weight excluding hydrogens is 387 g/mol. The number of anilines is 2. The molecule has 134 valence electrons. The number of rotatable bonds is 3. The Morgan fingerprint density at radius 3 is 2.80 bits per heavy atom. The summed E-state index contributed by atoms with van der Waals surface area (Å²) >= 11 is 11.0. The second kappa shape index (κ2) is 6.89. The molecule has 1 atom stereocenters. The van der Waals surface area contributed by atoms with Crippen molar-refractivity contribution in [2.24, 2.45) is 0 Å². The standard InChI is InChI=1S/C15H16ClFN4O2S2/c1-9-6-14(21(20-9)11-4-5-25(22,23)8-11)19-15(24)18-10-2-3-13(17)12(16)7-10/h2-3,6-7,11H,4-5,8H2,1H3,(H2,18,19,24). The first-order chi connectivity index (χ1) is 11.7. The molecule has 1 aromatic carbocycles. The lowest BCUT2D eigenvalue weighted by molar-refractivity contribution is 0.503. The molecule has 6 nitrogen and oxygen atoms in total. The molecule has 2 aromatic rings. The maximum Gasteiger partial charge on any atom is 0.176 e. The molecule has 0 bridgehead atoms. The van der Waals surface area contributed by atoms with Crippen molar-refractivity contribution in [1.82, 2.24) is 9.78 Å². The van der Waals surface area contributed by atoms with E-state index in [0.717, 1.165) is 5.69 Å². The van der Waals surface area contributed by atoms with E-state index in [1.807, 2.05) is 6.92 Å². The molecule has 10 heteroatoms. The van der Waals surface area contributed by atoms with Crippen molar-refractivity contribution in [3.05, 3.63) is 40.8 Å². The first-order valence-electron chi connectivity index (χ1n) is 7.53. The van der Waals surface area contributed by atoms with Crippen LogP contribution in [0.1, 0.15) is 18.2 Å². The zero-order chi connectivity index (χ0) is 18.2. The topological polar surface area (TPSA) is 76.0 Å². The van der Waals surface area contributed by atoms with Gasteiger partial charge in [0.15, 0.2) is 14.9 Å². The van der Waals surface area contributed by atoms with Gasteiger partial charge in [-0.05, 0) is 43.8 Å². The lowest BCUT2D eigenvalue weighted by Crippen LogP contribution is -2.23. The van der Waals surface area contributed by atoms with Crippen LogP contribution in [0.5, 0.6) is 0 Å². The van der Waals surface area contributed by atoms with Gasteiger partial charge < -0.3 is 10.6 Å². The predicted octanol–water partition coefficient (Wildman–Crippen LogP) is 3.15. The molecule has 1 aromatic heterocycles. The minimum absolute atomic E-state index is 0.00940. The number of aryl methyl sites for hydroxylation is 1. The minimum Gasteiger partial charge on any atom is -0.332 e. The van der Waals surface area contributed by atoms with E-state index in [9.17, 15) is 12.8 Å². The molecule has 0 saturated carbocycles. The van der Waals surface area contributed by atoms with Gasteiger partial charge in [0.05, 0.1) is 28.3 Å². The summed E-state index contributed by atoms with van der Waals surface area (Å²) in [6, 6.07) is 5.75. The molecule has 1 aliphatic heterocycles. The lowest BCUT2D eigenvalue weighted by atomic mass is 10.3. The summed E-state index contributed by atoms with van der Waals surface area (Å²) in [5.74, 6) is 0.316. The van der Waals surface area contributed by atoms with Gasteiger partial charge in [0.2, 0.25) is 0 Å². The summed E-state index contributed by atoms with van der Waals surface area (Å²) < 4.78 is 38.3. The molecule has 0 spiro atoms. The number of hydrogen-bond donors (Lipinski definition) is 2. The fourth-order valence-corrected chi connectivity index (χ4v) is 4.80. The van der Waals surface area contributed by atoms with Crippen molar-refractivity contribution >= 4 is 50.3 Å². The van der Waals surface area contributed by atoms with Gasteiger partial charge in [0.1, 0.15) is 11.6 Å². The van der Waals surface area contributed by atoms with Gasteiger partial charge in [-0.2, -0.15) is 5.10 Å². The molecule has 1 fully saturated rings. The molecule has 0 amide bonds. The van der Waals surface area contributed by atoms with Crippen molar-refractivity contribution in [2.75, 3.05) is 22.1 Å². The van der Waals surface area contributed by atoms with Crippen LogP contribution < -0.4 is 10.6 Å². The van der Waals surface area contributed by atoms with E-state index < -0.39 is 15.7 Å². The highest BCUT2D eigenvalue weighted by Gasteiger charge is 2.31. The van der Waals surface area contributed by atoms with Crippen molar-refractivity contribution in [2.45, 2.75) is 19.4 Å². The third-order valence-electron chi connectivity index (χ3n) is 3.83. The maximum absolute atomic E-state index is 13.2. The van der Waals surface area contributed by atoms with E-state index in [2.05, 4.69) is 15.7 Å². The first-order valence-corrected chi connectivity index (χ1v) is 10.1. The third kappa shape index (κ3) is 4.28. The summed E-state index contributed by atoms with van der Waals surface area (Å²) in [6.45, 7) is 1.82. The molecule has 25 heavy (non-hydrogen) atoms. The van der Waals surface area contributed by atoms with Gasteiger partial charge in [-0.1, -0.05) is 11.6 Å². The number of aromatic nitrogens is 2. The molecular formula is C15H16ClFN4O2S2. The van der Waals surface area contributed by atoms with E-state index in [4.69, 9.17) is 23.8 Å². The van der Waals surface area contributed by atoms with E-state index in [1.54, 1.807) is 10.7 Å². The Morgan fingerprint density at radius 1 is 1.40 bits per heavy atom. The van der Waals surface area contributed by atoms with Crippen molar-refractivity contribution in [3.63, 3.8) is 0 Å². The van der Waals surface area contributed by atoms with Gasteiger partial charge in [0.25, 0.3) is 0 Å². The summed E-state index contributed by atoms with van der Waals surface area (Å²) in [6.07, 6.45) is 0.520. The number of nitrogens with one attached hydrogen (secondary N) is 2. The van der Waals surface area contributed by atoms with Crippen molar-refractivity contribution in [1.29, 1.82) is 0 Å². The summed E-state index contributed by atoms with van der Waals surface area (Å²) in [7, 11) is -3.02. The molecule has 3 rings (SSSR count). The highest BCUT2D eigenvalue weighted by Crippen LogP contribution is 2.27. The number of benzene rings is 1. The largest absolute Gasteiger partial charge is 0.332 e. The molecule has 2 heterocycles. The van der Waals surface area contributed by atoms with Crippen LogP contribution >= 0.6 is 23.8 Å². The number of nitrogens with zero attached hydrogens (tertiary/aromatic N) is 2.